The van der Waals surface area contributed by atoms with Crippen LogP contribution in [0.3, 0.4) is 0 Å². The Hall–Kier alpha value is -2.61. The summed E-state index contributed by atoms with van der Waals surface area (Å²) in [7, 11) is 0. The van der Waals surface area contributed by atoms with Crippen LogP contribution in [-0.4, -0.2) is 70.1 Å². The average Bonchev–Trinajstić information content (AvgIpc) is 2.94. The molecule has 172 valence electrons. The number of rotatable bonds is 2. The summed E-state index contributed by atoms with van der Waals surface area (Å²) in [5.74, 6) is 0.346. The van der Waals surface area contributed by atoms with E-state index in [4.69, 9.17) is 4.74 Å². The Morgan fingerprint density at radius 3 is 2.81 bits per heavy atom. The molecule has 1 aliphatic carbocycles. The molecule has 4 aliphatic rings. The van der Waals surface area contributed by atoms with Gasteiger partial charge in [0.05, 0.1) is 18.2 Å². The number of ether oxygens (including phenoxy) is 1. The Bertz CT molecular complexity index is 921. The second-order valence-electron chi connectivity index (χ2n) is 9.57. The molecule has 0 aromatic heterocycles. The summed E-state index contributed by atoms with van der Waals surface area (Å²) in [6.07, 6.45) is 5.32. The van der Waals surface area contributed by atoms with E-state index in [9.17, 15) is 19.5 Å². The van der Waals surface area contributed by atoms with Crippen LogP contribution in [0.15, 0.2) is 24.3 Å². The van der Waals surface area contributed by atoms with Gasteiger partial charge in [0.15, 0.2) is 5.72 Å². The molecule has 1 aromatic rings. The predicted octanol–water partition coefficient (Wildman–Crippen LogP) is 1.67. The second-order valence-corrected chi connectivity index (χ2v) is 9.57. The lowest BCUT2D eigenvalue weighted by molar-refractivity contribution is -0.147. The van der Waals surface area contributed by atoms with Crippen LogP contribution in [0.25, 0.3) is 0 Å². The van der Waals surface area contributed by atoms with Gasteiger partial charge in [-0.25, -0.2) is 0 Å². The van der Waals surface area contributed by atoms with Crippen molar-refractivity contribution in [2.45, 2.75) is 69.2 Å². The average molecular weight is 442 g/mol. The number of carbonyl (C=O) groups is 3. The van der Waals surface area contributed by atoms with Crippen LogP contribution in [0.4, 0.5) is 0 Å². The van der Waals surface area contributed by atoms with Crippen molar-refractivity contribution in [2.75, 3.05) is 19.6 Å². The molecule has 0 radical (unpaired) electrons. The molecule has 3 heterocycles. The molecule has 3 amide bonds. The third-order valence-electron chi connectivity index (χ3n) is 7.65. The summed E-state index contributed by atoms with van der Waals surface area (Å²) in [6.45, 7) is 0.930. The van der Waals surface area contributed by atoms with Gasteiger partial charge in [-0.3, -0.25) is 14.4 Å². The number of nitrogens with one attached hydrogen (secondary N) is 1. The van der Waals surface area contributed by atoms with Crippen molar-refractivity contribution >= 4 is 17.7 Å². The topological polar surface area (TPSA) is 99.2 Å². The van der Waals surface area contributed by atoms with Gasteiger partial charge in [0.1, 0.15) is 5.75 Å². The summed E-state index contributed by atoms with van der Waals surface area (Å²) in [5, 5.41) is 13.4. The van der Waals surface area contributed by atoms with Crippen molar-refractivity contribution in [1.82, 2.24) is 15.1 Å². The highest BCUT2D eigenvalue weighted by atomic mass is 16.5. The normalized spacial score (nSPS) is 32.5. The summed E-state index contributed by atoms with van der Waals surface area (Å²) in [4.78, 5) is 42.2. The fraction of sp³-hybridized carbons (Fsp3) is 0.625. The van der Waals surface area contributed by atoms with Crippen molar-refractivity contribution in [3.63, 3.8) is 0 Å². The molecule has 1 saturated carbocycles. The zero-order chi connectivity index (χ0) is 22.3. The van der Waals surface area contributed by atoms with Gasteiger partial charge in [0.2, 0.25) is 11.8 Å². The van der Waals surface area contributed by atoms with Crippen molar-refractivity contribution < 1.29 is 24.2 Å². The van der Waals surface area contributed by atoms with Crippen LogP contribution in [0, 0.1) is 5.92 Å². The standard InChI is InChI=1S/C24H31N3O5/c28-19-10-13-27(18-7-3-1-5-16(18)19)22(30)15-26-14-12-24(11-9-21(26)29)25-23(31)17-6-2-4-8-20(17)32-24/h2,4,6,8,16,18-19,28H,1,3,5,7,9-15H2,(H,25,31)/t16-,18+,19+,24-/m1/s1. The zero-order valence-corrected chi connectivity index (χ0v) is 18.3. The van der Waals surface area contributed by atoms with E-state index >= 15 is 0 Å². The van der Waals surface area contributed by atoms with Crippen molar-refractivity contribution in [2.24, 2.45) is 5.92 Å². The number of carbonyl (C=O) groups excluding carboxylic acids is 3. The number of hydrogen-bond donors (Lipinski definition) is 2. The largest absolute Gasteiger partial charge is 0.467 e. The molecule has 3 fully saturated rings. The van der Waals surface area contributed by atoms with Crippen LogP contribution < -0.4 is 10.1 Å². The highest BCUT2D eigenvalue weighted by Gasteiger charge is 2.44. The van der Waals surface area contributed by atoms with E-state index in [1.807, 2.05) is 11.0 Å². The van der Waals surface area contributed by atoms with Crippen molar-refractivity contribution in [1.29, 1.82) is 0 Å². The number of likely N-dealkylation sites (tertiary alicyclic amines) is 2. The highest BCUT2D eigenvalue weighted by Crippen LogP contribution is 2.36. The van der Waals surface area contributed by atoms with Crippen molar-refractivity contribution in [3.8, 4) is 5.75 Å². The first kappa shape index (κ1) is 21.2. The summed E-state index contributed by atoms with van der Waals surface area (Å²) >= 11 is 0. The van der Waals surface area contributed by atoms with Crippen molar-refractivity contribution in [3.05, 3.63) is 29.8 Å². The third-order valence-corrected chi connectivity index (χ3v) is 7.65. The summed E-state index contributed by atoms with van der Waals surface area (Å²) in [6, 6.07) is 7.19. The number of fused-ring (bicyclic) bond motifs is 2. The Kier molecular flexibility index (Phi) is 5.57. The number of aliphatic hydroxyl groups is 1. The Morgan fingerprint density at radius 1 is 1.12 bits per heavy atom. The Labute approximate surface area is 187 Å². The van der Waals surface area contributed by atoms with Gasteiger partial charge < -0.3 is 25.0 Å². The number of piperidine rings is 1. The molecule has 8 nitrogen and oxygen atoms in total. The molecular weight excluding hydrogens is 410 g/mol. The van der Waals surface area contributed by atoms with Gasteiger partial charge in [0.25, 0.3) is 5.91 Å². The molecule has 2 saturated heterocycles. The third kappa shape index (κ3) is 3.85. The number of amides is 3. The molecule has 32 heavy (non-hydrogen) atoms. The SMILES string of the molecule is O=C1N[C@]2(CCC(=O)N(CC(=O)N3CC[C@H](O)[C@@H]4CCCC[C@@H]43)CC2)Oc2ccccc21. The number of aliphatic hydroxyl groups excluding tert-OH is 1. The van der Waals surface area contributed by atoms with Gasteiger partial charge in [-0.05, 0) is 31.4 Å². The number of hydrogen-bond acceptors (Lipinski definition) is 5. The van der Waals surface area contributed by atoms with Crippen LogP contribution in [0.5, 0.6) is 5.75 Å². The van der Waals surface area contributed by atoms with E-state index in [0.29, 0.717) is 43.7 Å². The molecular formula is C24H31N3O5. The van der Waals surface area contributed by atoms with E-state index in [1.165, 1.54) is 0 Å². The minimum Gasteiger partial charge on any atom is -0.467 e. The molecule has 0 unspecified atom stereocenters. The lowest BCUT2D eigenvalue weighted by Crippen LogP contribution is -2.57. The van der Waals surface area contributed by atoms with Crippen LogP contribution in [0.2, 0.25) is 0 Å². The number of benzene rings is 1. The van der Waals surface area contributed by atoms with Gasteiger partial charge in [-0.1, -0.05) is 25.0 Å². The van der Waals surface area contributed by atoms with Gasteiger partial charge in [-0.15, -0.1) is 0 Å². The smallest absolute Gasteiger partial charge is 0.258 e. The lowest BCUT2D eigenvalue weighted by atomic mass is 9.76. The summed E-state index contributed by atoms with van der Waals surface area (Å²) in [5.41, 5.74) is -0.433. The van der Waals surface area contributed by atoms with E-state index in [1.54, 1.807) is 23.1 Å². The molecule has 3 aliphatic heterocycles. The monoisotopic (exact) mass is 441 g/mol. The van der Waals surface area contributed by atoms with Gasteiger partial charge in [0, 0.05) is 44.3 Å². The van der Waals surface area contributed by atoms with E-state index in [2.05, 4.69) is 5.32 Å². The molecule has 0 bridgehead atoms. The number of para-hydroxylation sites is 1. The minimum absolute atomic E-state index is 0.0404. The lowest BCUT2D eigenvalue weighted by Gasteiger charge is -2.46. The maximum atomic E-state index is 13.2. The first-order chi connectivity index (χ1) is 15.5. The number of nitrogens with zero attached hydrogens (tertiary/aromatic N) is 2. The molecule has 1 aromatic carbocycles. The molecule has 4 atom stereocenters. The quantitative estimate of drug-likeness (QED) is 0.727. The Morgan fingerprint density at radius 2 is 1.94 bits per heavy atom. The highest BCUT2D eigenvalue weighted by molar-refractivity contribution is 5.98. The van der Waals surface area contributed by atoms with E-state index in [0.717, 1.165) is 25.7 Å². The molecule has 1 spiro atoms. The maximum absolute atomic E-state index is 13.2. The minimum atomic E-state index is -0.928. The first-order valence-corrected chi connectivity index (χ1v) is 11.8. The molecule has 8 heteroatoms. The van der Waals surface area contributed by atoms with E-state index < -0.39 is 5.72 Å². The Balaban J connectivity index is 1.26. The fourth-order valence-electron chi connectivity index (χ4n) is 5.87. The van der Waals surface area contributed by atoms with Gasteiger partial charge in [-0.2, -0.15) is 0 Å². The van der Waals surface area contributed by atoms with Gasteiger partial charge >= 0.3 is 0 Å². The maximum Gasteiger partial charge on any atom is 0.258 e. The summed E-state index contributed by atoms with van der Waals surface area (Å²) < 4.78 is 6.18. The van der Waals surface area contributed by atoms with Crippen LogP contribution in [0.1, 0.15) is 61.7 Å². The van der Waals surface area contributed by atoms with E-state index in [-0.39, 0.29) is 48.8 Å². The fourth-order valence-corrected chi connectivity index (χ4v) is 5.87. The second kappa shape index (κ2) is 8.39. The predicted molar refractivity (Wildman–Crippen MR) is 116 cm³/mol. The van der Waals surface area contributed by atoms with Crippen LogP contribution in [-0.2, 0) is 9.59 Å². The van der Waals surface area contributed by atoms with Crippen LogP contribution >= 0.6 is 0 Å². The zero-order valence-electron chi connectivity index (χ0n) is 18.3. The molecule has 5 rings (SSSR count). The molecule has 2 N–H and O–H groups in total. The first-order valence-electron chi connectivity index (χ1n) is 11.8.